The number of anilines is 1. The van der Waals surface area contributed by atoms with Crippen LogP contribution in [0.1, 0.15) is 65.8 Å². The fourth-order valence-corrected chi connectivity index (χ4v) is 3.67. The summed E-state index contributed by atoms with van der Waals surface area (Å²) in [5.74, 6) is -0.756. The zero-order chi connectivity index (χ0) is 21.6. The van der Waals surface area contributed by atoms with Crippen molar-refractivity contribution in [2.45, 2.75) is 46.7 Å². The van der Waals surface area contributed by atoms with E-state index in [1.54, 1.807) is 23.6 Å². The molecule has 0 radical (unpaired) electrons. The van der Waals surface area contributed by atoms with Gasteiger partial charge in [0.25, 0.3) is 11.8 Å². The number of thiazole rings is 1. The van der Waals surface area contributed by atoms with Gasteiger partial charge in [0.2, 0.25) is 0 Å². The number of nitrogens with zero attached hydrogens (tertiary/aromatic N) is 2. The predicted octanol–water partition coefficient (Wildman–Crippen LogP) is 3.87. The Labute approximate surface area is 187 Å². The highest BCUT2D eigenvalue weighted by atomic mass is 35.5. The molecule has 0 aliphatic carbocycles. The highest BCUT2D eigenvalue weighted by molar-refractivity contribution is 7.14. The maximum atomic E-state index is 12.4. The van der Waals surface area contributed by atoms with Crippen molar-refractivity contribution in [1.29, 1.82) is 0 Å². The molecule has 2 amide bonds. The molecule has 7 nitrogen and oxygen atoms in total. The number of ketones is 1. The molecule has 0 aliphatic heterocycles. The molecule has 0 fully saturated rings. The van der Waals surface area contributed by atoms with E-state index in [4.69, 9.17) is 0 Å². The highest BCUT2D eigenvalue weighted by Gasteiger charge is 2.16. The maximum absolute atomic E-state index is 12.4. The molecule has 1 aromatic carbocycles. The molecule has 0 saturated heterocycles. The highest BCUT2D eigenvalue weighted by Crippen LogP contribution is 2.17. The third-order valence-electron chi connectivity index (χ3n) is 4.47. The molecule has 2 rings (SSSR count). The van der Waals surface area contributed by atoms with E-state index in [1.807, 2.05) is 0 Å². The topological polar surface area (TPSA) is 91.4 Å². The van der Waals surface area contributed by atoms with Crippen LogP contribution in [0.2, 0.25) is 0 Å². The number of Topliss-reactive ketones (excluding diaryl/α,β-unsaturated/α-hetero) is 1. The third-order valence-corrected chi connectivity index (χ3v) is 5.23. The molecule has 0 aliphatic rings. The molecule has 0 saturated carbocycles. The van der Waals surface area contributed by atoms with E-state index < -0.39 is 0 Å². The second-order valence-corrected chi connectivity index (χ2v) is 8.17. The second kappa shape index (κ2) is 11.8. The molecule has 0 atom stereocenters. The molecule has 30 heavy (non-hydrogen) atoms. The summed E-state index contributed by atoms with van der Waals surface area (Å²) in [5.41, 5.74) is 1.10. The van der Waals surface area contributed by atoms with Crippen LogP contribution >= 0.6 is 23.7 Å². The van der Waals surface area contributed by atoms with Crippen LogP contribution in [0, 0.1) is 0 Å². The van der Waals surface area contributed by atoms with Crippen molar-refractivity contribution < 1.29 is 14.4 Å². The average molecular weight is 453 g/mol. The summed E-state index contributed by atoms with van der Waals surface area (Å²) in [7, 11) is 0. The van der Waals surface area contributed by atoms with Gasteiger partial charge in [-0.3, -0.25) is 24.6 Å². The number of amides is 2. The smallest absolute Gasteiger partial charge is 0.270 e. The number of halogens is 1. The lowest BCUT2D eigenvalue weighted by atomic mass is 10.1. The lowest BCUT2D eigenvalue weighted by molar-refractivity contribution is 0.0933. The molecule has 1 aromatic heterocycles. The molecule has 2 aromatic rings. The van der Waals surface area contributed by atoms with Gasteiger partial charge in [-0.2, -0.15) is 0 Å². The number of hydrogen-bond acceptors (Lipinski definition) is 6. The lowest BCUT2D eigenvalue weighted by Crippen LogP contribution is -2.42. The van der Waals surface area contributed by atoms with Gasteiger partial charge in [0.05, 0.1) is 0 Å². The van der Waals surface area contributed by atoms with Crippen LogP contribution in [0.4, 0.5) is 5.13 Å². The van der Waals surface area contributed by atoms with Crippen molar-refractivity contribution in [3.05, 3.63) is 46.5 Å². The quantitative estimate of drug-likeness (QED) is 0.563. The van der Waals surface area contributed by atoms with Gasteiger partial charge < -0.3 is 5.32 Å². The molecular formula is C21H29ClN4O3S. The molecule has 9 heteroatoms. The molecule has 1 heterocycles. The van der Waals surface area contributed by atoms with Crippen molar-refractivity contribution in [1.82, 2.24) is 15.2 Å². The van der Waals surface area contributed by atoms with Gasteiger partial charge in [0.15, 0.2) is 10.9 Å². The van der Waals surface area contributed by atoms with E-state index in [-0.39, 0.29) is 35.7 Å². The Kier molecular flexibility index (Phi) is 10.1. The van der Waals surface area contributed by atoms with Crippen LogP contribution in [0.3, 0.4) is 0 Å². The minimum absolute atomic E-state index is 0. The first-order chi connectivity index (χ1) is 13.7. The summed E-state index contributed by atoms with van der Waals surface area (Å²) in [4.78, 5) is 42.7. The number of rotatable bonds is 9. The summed E-state index contributed by atoms with van der Waals surface area (Å²) in [5, 5.41) is 7.49. The van der Waals surface area contributed by atoms with Gasteiger partial charge in [-0.25, -0.2) is 4.98 Å². The van der Waals surface area contributed by atoms with Crippen molar-refractivity contribution in [3.8, 4) is 0 Å². The zero-order valence-corrected chi connectivity index (χ0v) is 19.5. The number of nitrogens with one attached hydrogen (secondary N) is 2. The number of benzene rings is 1. The first-order valence-corrected chi connectivity index (χ1v) is 10.5. The number of hydrogen-bond donors (Lipinski definition) is 2. The molecule has 0 spiro atoms. The summed E-state index contributed by atoms with van der Waals surface area (Å²) in [6, 6.07) is 7.27. The van der Waals surface area contributed by atoms with E-state index in [2.05, 4.69) is 48.2 Å². The summed E-state index contributed by atoms with van der Waals surface area (Å²) < 4.78 is 0. The fraction of sp³-hybridized carbons (Fsp3) is 0.429. The first-order valence-electron chi connectivity index (χ1n) is 9.61. The molecule has 164 valence electrons. The largest absolute Gasteiger partial charge is 0.349 e. The average Bonchev–Trinajstić information content (AvgIpc) is 3.13. The van der Waals surface area contributed by atoms with Crippen molar-refractivity contribution in [2.24, 2.45) is 0 Å². The number of carbonyl (C=O) groups excluding carboxylic acids is 3. The van der Waals surface area contributed by atoms with Crippen LogP contribution in [0.5, 0.6) is 0 Å². The van der Waals surface area contributed by atoms with Gasteiger partial charge in [0, 0.05) is 41.7 Å². The van der Waals surface area contributed by atoms with E-state index >= 15 is 0 Å². The normalized spacial score (nSPS) is 10.8. The lowest BCUT2D eigenvalue weighted by Gasteiger charge is -2.30. The Balaban J connectivity index is 0.00000450. The monoisotopic (exact) mass is 452 g/mol. The van der Waals surface area contributed by atoms with E-state index in [0.29, 0.717) is 34.9 Å². The van der Waals surface area contributed by atoms with Gasteiger partial charge in [0.1, 0.15) is 5.69 Å². The van der Waals surface area contributed by atoms with E-state index in [0.717, 1.165) is 6.54 Å². The van der Waals surface area contributed by atoms with Crippen LogP contribution in [-0.4, -0.2) is 52.7 Å². The van der Waals surface area contributed by atoms with Gasteiger partial charge in [-0.1, -0.05) is 12.1 Å². The first kappa shape index (κ1) is 25.7. The summed E-state index contributed by atoms with van der Waals surface area (Å²) >= 11 is 1.18. The number of carbonyl (C=O) groups is 3. The van der Waals surface area contributed by atoms with Crippen LogP contribution < -0.4 is 10.6 Å². The standard InChI is InChI=1S/C21H28N4O3S.ClH/c1-13(2)25(14(3)4)10-9-22-20(28)18-12-29-21(23-18)24-19(27)17-8-6-7-16(11-17)15(5)26;/h6-8,11-14H,9-10H2,1-5H3,(H,22,28)(H,23,24,27);1H. The third kappa shape index (κ3) is 7.19. The Morgan fingerprint density at radius 1 is 1.07 bits per heavy atom. The van der Waals surface area contributed by atoms with Gasteiger partial charge in [-0.15, -0.1) is 23.7 Å². The Morgan fingerprint density at radius 3 is 2.30 bits per heavy atom. The molecule has 0 bridgehead atoms. The minimum atomic E-state index is -0.376. The summed E-state index contributed by atoms with van der Waals surface area (Å²) in [6.45, 7) is 11.2. The van der Waals surface area contributed by atoms with E-state index in [1.165, 1.54) is 24.3 Å². The Morgan fingerprint density at radius 2 is 1.70 bits per heavy atom. The predicted molar refractivity (Wildman–Crippen MR) is 123 cm³/mol. The van der Waals surface area contributed by atoms with Gasteiger partial charge >= 0.3 is 0 Å². The Hall–Kier alpha value is -2.29. The van der Waals surface area contributed by atoms with E-state index in [9.17, 15) is 14.4 Å². The Bertz CT molecular complexity index is 875. The minimum Gasteiger partial charge on any atom is -0.349 e. The molecule has 2 N–H and O–H groups in total. The van der Waals surface area contributed by atoms with Crippen molar-refractivity contribution in [3.63, 3.8) is 0 Å². The SMILES string of the molecule is CC(=O)c1cccc(C(=O)Nc2nc(C(=O)NCCN(C(C)C)C(C)C)cs2)c1.Cl. The molecular weight excluding hydrogens is 424 g/mol. The van der Waals surface area contributed by atoms with Gasteiger partial charge in [-0.05, 0) is 46.8 Å². The van der Waals surface area contributed by atoms with Crippen LogP contribution in [0.25, 0.3) is 0 Å². The van der Waals surface area contributed by atoms with Crippen molar-refractivity contribution in [2.75, 3.05) is 18.4 Å². The van der Waals surface area contributed by atoms with Crippen molar-refractivity contribution >= 4 is 46.5 Å². The maximum Gasteiger partial charge on any atom is 0.270 e. The summed E-state index contributed by atoms with van der Waals surface area (Å²) in [6.07, 6.45) is 0. The molecule has 0 unspecified atom stereocenters. The number of aromatic nitrogens is 1. The fourth-order valence-electron chi connectivity index (χ4n) is 2.99. The van der Waals surface area contributed by atoms with Crippen LogP contribution in [0.15, 0.2) is 29.6 Å². The van der Waals surface area contributed by atoms with Crippen LogP contribution in [-0.2, 0) is 0 Å². The zero-order valence-electron chi connectivity index (χ0n) is 17.9. The second-order valence-electron chi connectivity index (χ2n) is 7.31.